The van der Waals surface area contributed by atoms with Crippen LogP contribution in [0.2, 0.25) is 0 Å². The van der Waals surface area contributed by atoms with Crippen LogP contribution in [0, 0.1) is 6.92 Å². The lowest BCUT2D eigenvalue weighted by atomic mass is 9.79. The van der Waals surface area contributed by atoms with Gasteiger partial charge in [-0.2, -0.15) is 0 Å². The van der Waals surface area contributed by atoms with Crippen LogP contribution in [0.25, 0.3) is 66.1 Å². The molecule has 0 fully saturated rings. The zero-order valence-electron chi connectivity index (χ0n) is 26.6. The third-order valence-corrected chi connectivity index (χ3v) is 10.9. The number of hydrogen-bond acceptors (Lipinski definition) is 0. The van der Waals surface area contributed by atoms with Crippen LogP contribution in [-0.2, 0) is 10.8 Å². The summed E-state index contributed by atoms with van der Waals surface area (Å²) in [5.74, 6) is 0. The lowest BCUT2D eigenvalue weighted by molar-refractivity contribution is 0.659. The molecule has 7 aromatic carbocycles. The van der Waals surface area contributed by atoms with E-state index in [1.54, 1.807) is 0 Å². The summed E-state index contributed by atoms with van der Waals surface area (Å²) >= 11 is 0. The Morgan fingerprint density at radius 1 is 0.356 bits per heavy atom. The predicted octanol–water partition coefficient (Wildman–Crippen LogP) is 12.2. The molecule has 2 aliphatic carbocycles. The van der Waals surface area contributed by atoms with E-state index >= 15 is 0 Å². The molecular weight excluding hydrogens is 540 g/mol. The molecule has 0 amide bonds. The van der Waals surface area contributed by atoms with E-state index in [0.29, 0.717) is 0 Å². The molecule has 0 spiro atoms. The summed E-state index contributed by atoms with van der Waals surface area (Å²) in [6.45, 7) is 11.7. The Hall–Kier alpha value is -4.94. The third-order valence-electron chi connectivity index (χ3n) is 10.9. The number of aryl methyl sites for hydroxylation is 1. The molecule has 2 aliphatic rings. The topological polar surface area (TPSA) is 0 Å². The van der Waals surface area contributed by atoms with E-state index in [1.807, 2.05) is 0 Å². The highest BCUT2D eigenvalue weighted by atomic mass is 14.4. The first-order valence-electron chi connectivity index (χ1n) is 16.2. The maximum Gasteiger partial charge on any atom is 0.0159 e. The minimum Gasteiger partial charge on any atom is -0.0616 e. The van der Waals surface area contributed by atoms with E-state index in [2.05, 4.69) is 162 Å². The Morgan fingerprint density at radius 3 is 1.40 bits per heavy atom. The van der Waals surface area contributed by atoms with Crippen LogP contribution < -0.4 is 0 Å². The Bertz CT molecular complexity index is 2380. The molecule has 216 valence electrons. The van der Waals surface area contributed by atoms with Crippen LogP contribution in [0.1, 0.15) is 55.5 Å². The fourth-order valence-electron chi connectivity index (χ4n) is 8.41. The highest BCUT2D eigenvalue weighted by Gasteiger charge is 2.37. The normalized spacial score (nSPS) is 15.1. The van der Waals surface area contributed by atoms with Crippen LogP contribution >= 0.6 is 0 Å². The molecule has 0 saturated heterocycles. The van der Waals surface area contributed by atoms with Crippen LogP contribution in [-0.4, -0.2) is 0 Å². The molecule has 0 atom stereocenters. The third kappa shape index (κ3) is 3.66. The summed E-state index contributed by atoms with van der Waals surface area (Å²) in [5.41, 5.74) is 17.5. The fraction of sp³-hybridized carbons (Fsp3) is 0.156. The minimum absolute atomic E-state index is 0.0116. The van der Waals surface area contributed by atoms with Gasteiger partial charge in [0.2, 0.25) is 0 Å². The lowest BCUT2D eigenvalue weighted by Crippen LogP contribution is -2.15. The number of fused-ring (bicyclic) bond motifs is 9. The summed E-state index contributed by atoms with van der Waals surface area (Å²) in [6, 6.07) is 48.3. The van der Waals surface area contributed by atoms with Gasteiger partial charge in [0.05, 0.1) is 0 Å². The van der Waals surface area contributed by atoms with E-state index in [4.69, 9.17) is 0 Å². The fourth-order valence-corrected chi connectivity index (χ4v) is 8.41. The molecule has 0 saturated carbocycles. The van der Waals surface area contributed by atoms with Crippen molar-refractivity contribution >= 4 is 21.5 Å². The highest BCUT2D eigenvalue weighted by Crippen LogP contribution is 2.53. The summed E-state index contributed by atoms with van der Waals surface area (Å²) in [6.07, 6.45) is 0. The van der Waals surface area contributed by atoms with E-state index in [9.17, 15) is 0 Å². The quantitative estimate of drug-likeness (QED) is 0.180. The molecule has 0 N–H and O–H groups in total. The summed E-state index contributed by atoms with van der Waals surface area (Å²) in [4.78, 5) is 0. The second-order valence-electron chi connectivity index (χ2n) is 14.3. The number of hydrogen-bond donors (Lipinski definition) is 0. The predicted molar refractivity (Wildman–Crippen MR) is 192 cm³/mol. The molecule has 0 bridgehead atoms. The molecule has 0 radical (unpaired) electrons. The zero-order chi connectivity index (χ0) is 30.7. The van der Waals surface area contributed by atoms with Crippen molar-refractivity contribution in [1.29, 1.82) is 0 Å². The van der Waals surface area contributed by atoms with Crippen LogP contribution in [0.15, 0.2) is 127 Å². The van der Waals surface area contributed by atoms with E-state index in [0.717, 1.165) is 0 Å². The van der Waals surface area contributed by atoms with Gasteiger partial charge in [-0.1, -0.05) is 136 Å². The smallest absolute Gasteiger partial charge is 0.0159 e. The van der Waals surface area contributed by atoms with Gasteiger partial charge in [0.1, 0.15) is 0 Å². The average molecular weight is 577 g/mol. The van der Waals surface area contributed by atoms with Gasteiger partial charge in [-0.15, -0.1) is 0 Å². The molecular formula is C45H36. The van der Waals surface area contributed by atoms with Gasteiger partial charge in [-0.25, -0.2) is 0 Å². The minimum atomic E-state index is -0.104. The van der Waals surface area contributed by atoms with Crippen LogP contribution in [0.4, 0.5) is 0 Å². The molecule has 0 aliphatic heterocycles. The molecule has 0 unspecified atom stereocenters. The summed E-state index contributed by atoms with van der Waals surface area (Å²) in [5, 5.41) is 5.22. The van der Waals surface area contributed by atoms with E-state index in [-0.39, 0.29) is 10.8 Å². The summed E-state index contributed by atoms with van der Waals surface area (Å²) < 4.78 is 0. The molecule has 0 nitrogen and oxygen atoms in total. The van der Waals surface area contributed by atoms with Crippen molar-refractivity contribution in [2.45, 2.75) is 45.4 Å². The van der Waals surface area contributed by atoms with Gasteiger partial charge in [-0.3, -0.25) is 0 Å². The van der Waals surface area contributed by atoms with Crippen molar-refractivity contribution in [3.63, 3.8) is 0 Å². The van der Waals surface area contributed by atoms with Gasteiger partial charge < -0.3 is 0 Å². The average Bonchev–Trinajstić information content (AvgIpc) is 3.42. The maximum atomic E-state index is 2.46. The van der Waals surface area contributed by atoms with Crippen molar-refractivity contribution in [1.82, 2.24) is 0 Å². The van der Waals surface area contributed by atoms with Crippen molar-refractivity contribution in [2.75, 3.05) is 0 Å². The molecule has 0 aromatic heterocycles. The zero-order valence-corrected chi connectivity index (χ0v) is 26.6. The van der Waals surface area contributed by atoms with Crippen LogP contribution in [0.5, 0.6) is 0 Å². The Balaban J connectivity index is 1.15. The Morgan fingerprint density at radius 2 is 0.800 bits per heavy atom. The second kappa shape index (κ2) is 9.05. The number of rotatable bonds is 2. The number of benzene rings is 7. The Labute approximate surface area is 266 Å². The summed E-state index contributed by atoms with van der Waals surface area (Å²) in [7, 11) is 0. The molecule has 0 heteroatoms. The monoisotopic (exact) mass is 576 g/mol. The van der Waals surface area contributed by atoms with E-state index in [1.165, 1.54) is 93.9 Å². The van der Waals surface area contributed by atoms with E-state index < -0.39 is 0 Å². The second-order valence-corrected chi connectivity index (χ2v) is 14.3. The largest absolute Gasteiger partial charge is 0.0616 e. The van der Waals surface area contributed by atoms with Gasteiger partial charge >= 0.3 is 0 Å². The molecule has 0 heterocycles. The van der Waals surface area contributed by atoms with Gasteiger partial charge in [0.25, 0.3) is 0 Å². The lowest BCUT2D eigenvalue weighted by Gasteiger charge is -2.24. The van der Waals surface area contributed by atoms with Crippen molar-refractivity contribution < 1.29 is 0 Å². The van der Waals surface area contributed by atoms with Crippen molar-refractivity contribution in [2.24, 2.45) is 0 Å². The van der Waals surface area contributed by atoms with Crippen molar-refractivity contribution in [3.8, 4) is 44.5 Å². The first-order chi connectivity index (χ1) is 21.7. The van der Waals surface area contributed by atoms with Crippen LogP contribution in [0.3, 0.4) is 0 Å². The highest BCUT2D eigenvalue weighted by molar-refractivity contribution is 6.13. The molecule has 7 aromatic rings. The first kappa shape index (κ1) is 26.5. The molecule has 9 rings (SSSR count). The standard InChI is InChI=1S/C45H36/c1-27-14-18-35-36-19-15-28(24-41(36)44(2,3)40(35)22-27)29-16-20-37-38-21-17-31(26-43(38)45(4,5)42(37)25-29)39-23-30-10-6-7-11-32(30)33-12-8-9-13-34(33)39/h6-26H,1-5H3. The maximum absolute atomic E-state index is 2.46. The first-order valence-corrected chi connectivity index (χ1v) is 16.2. The SMILES string of the molecule is Cc1ccc2c(c1)C(C)(C)c1cc(-c3ccc4c(c3)C(C)(C)c3cc(-c5cc6ccccc6c6ccccc56)ccc3-4)ccc1-2. The van der Waals surface area contributed by atoms with Gasteiger partial charge in [-0.05, 0) is 119 Å². The van der Waals surface area contributed by atoms with Gasteiger partial charge in [0.15, 0.2) is 0 Å². The van der Waals surface area contributed by atoms with Gasteiger partial charge in [0, 0.05) is 10.8 Å². The molecule has 45 heavy (non-hydrogen) atoms. The Kier molecular flexibility index (Phi) is 5.32. The van der Waals surface area contributed by atoms with Crippen molar-refractivity contribution in [3.05, 3.63) is 155 Å².